The highest BCUT2D eigenvalue weighted by Crippen LogP contribution is 2.36. The highest BCUT2D eigenvalue weighted by molar-refractivity contribution is 7.98. The Morgan fingerprint density at radius 3 is 2.80 bits per heavy atom. The van der Waals surface area contributed by atoms with E-state index >= 15 is 0 Å². The first kappa shape index (κ1) is 13.1. The summed E-state index contributed by atoms with van der Waals surface area (Å²) in [6.07, 6.45) is 2.31. The first-order valence-electron chi connectivity index (χ1n) is 6.28. The summed E-state index contributed by atoms with van der Waals surface area (Å²) in [4.78, 5) is 11.3. The van der Waals surface area contributed by atoms with Crippen LogP contribution in [-0.2, 0) is 5.75 Å². The molecule has 1 aromatic heterocycles. The molecule has 0 aliphatic heterocycles. The van der Waals surface area contributed by atoms with Gasteiger partial charge in [0.25, 0.3) is 5.91 Å². The van der Waals surface area contributed by atoms with E-state index in [1.165, 1.54) is 0 Å². The first-order chi connectivity index (χ1) is 9.78. The lowest BCUT2D eigenvalue weighted by Crippen LogP contribution is -2.29. The number of carbonyl (C=O) groups is 1. The van der Waals surface area contributed by atoms with Gasteiger partial charge in [0, 0.05) is 11.3 Å². The molecule has 3 rings (SSSR count). The van der Waals surface area contributed by atoms with Crippen molar-refractivity contribution in [3.8, 4) is 0 Å². The van der Waals surface area contributed by atoms with Gasteiger partial charge in [-0.25, -0.2) is 10.5 Å². The van der Waals surface area contributed by atoms with Gasteiger partial charge in [0.1, 0.15) is 0 Å². The summed E-state index contributed by atoms with van der Waals surface area (Å²) in [5, 5.41) is 12.6. The summed E-state index contributed by atoms with van der Waals surface area (Å²) in [5.74, 6) is 5.56. The molecule has 2 aromatic rings. The number of nitrogens with one attached hydrogen (secondary N) is 1. The van der Waals surface area contributed by atoms with Crippen LogP contribution in [-0.4, -0.2) is 26.1 Å². The molecule has 1 saturated carbocycles. The van der Waals surface area contributed by atoms with Gasteiger partial charge in [-0.3, -0.25) is 10.2 Å². The number of hydrogen-bond donors (Lipinski definition) is 2. The second-order valence-corrected chi connectivity index (χ2v) is 5.54. The lowest BCUT2D eigenvalue weighted by atomic mass is 10.1. The minimum absolute atomic E-state index is 0.290. The fraction of sp³-hybridized carbons (Fsp3) is 0.333. The Morgan fingerprint density at radius 2 is 2.15 bits per heavy atom. The van der Waals surface area contributed by atoms with E-state index in [9.17, 15) is 4.79 Å². The maximum absolute atomic E-state index is 11.3. The zero-order valence-corrected chi connectivity index (χ0v) is 11.5. The van der Waals surface area contributed by atoms with Crippen LogP contribution in [0.15, 0.2) is 29.4 Å². The van der Waals surface area contributed by atoms with E-state index in [1.807, 2.05) is 16.8 Å². The van der Waals surface area contributed by atoms with Crippen LogP contribution < -0.4 is 11.3 Å². The van der Waals surface area contributed by atoms with Gasteiger partial charge in [0.05, 0.1) is 6.04 Å². The molecule has 3 N–H and O–H groups in total. The number of tetrazole rings is 1. The van der Waals surface area contributed by atoms with E-state index in [2.05, 4.69) is 21.0 Å². The average Bonchev–Trinajstić information content (AvgIpc) is 3.23. The maximum Gasteiger partial charge on any atom is 0.265 e. The average molecular weight is 290 g/mol. The Bertz CT molecular complexity index is 607. The standard InChI is InChI=1S/C12H14N6OS/c13-14-11(19)9-3-1-8(2-4-9)7-20-12-15-16-17-18(12)10-5-6-10/h1-4,10H,5-7,13H2,(H,14,19). The molecule has 0 unspecified atom stereocenters. The molecule has 1 aliphatic carbocycles. The molecule has 0 spiro atoms. The second kappa shape index (κ2) is 5.59. The second-order valence-electron chi connectivity index (χ2n) is 4.60. The van der Waals surface area contributed by atoms with Crippen LogP contribution in [0.1, 0.15) is 34.8 Å². The summed E-state index contributed by atoms with van der Waals surface area (Å²) in [7, 11) is 0. The van der Waals surface area contributed by atoms with Gasteiger partial charge in [-0.1, -0.05) is 23.9 Å². The number of benzene rings is 1. The third-order valence-electron chi connectivity index (χ3n) is 3.07. The van der Waals surface area contributed by atoms with Crippen molar-refractivity contribution in [2.75, 3.05) is 0 Å². The van der Waals surface area contributed by atoms with Crippen LogP contribution in [0.2, 0.25) is 0 Å². The molecular weight excluding hydrogens is 276 g/mol. The van der Waals surface area contributed by atoms with Crippen molar-refractivity contribution < 1.29 is 4.79 Å². The molecule has 1 aliphatic rings. The first-order valence-corrected chi connectivity index (χ1v) is 7.27. The number of nitrogens with two attached hydrogens (primary N) is 1. The van der Waals surface area contributed by atoms with Crippen molar-refractivity contribution in [1.29, 1.82) is 0 Å². The fourth-order valence-electron chi connectivity index (χ4n) is 1.81. The highest BCUT2D eigenvalue weighted by Gasteiger charge is 2.27. The molecule has 1 heterocycles. The van der Waals surface area contributed by atoms with E-state index in [1.54, 1.807) is 23.9 Å². The lowest BCUT2D eigenvalue weighted by molar-refractivity contribution is 0.0953. The Labute approximate surface area is 119 Å². The minimum atomic E-state index is -0.290. The number of nitrogens with zero attached hydrogens (tertiary/aromatic N) is 4. The van der Waals surface area contributed by atoms with Crippen molar-refractivity contribution >= 4 is 17.7 Å². The lowest BCUT2D eigenvalue weighted by Gasteiger charge is -2.04. The third kappa shape index (κ3) is 2.81. The Balaban J connectivity index is 1.63. The van der Waals surface area contributed by atoms with Crippen molar-refractivity contribution in [1.82, 2.24) is 25.6 Å². The van der Waals surface area contributed by atoms with Crippen LogP contribution in [0.3, 0.4) is 0 Å². The van der Waals surface area contributed by atoms with Gasteiger partial charge < -0.3 is 0 Å². The van der Waals surface area contributed by atoms with E-state index in [0.29, 0.717) is 11.6 Å². The summed E-state index contributed by atoms with van der Waals surface area (Å²) < 4.78 is 1.89. The van der Waals surface area contributed by atoms with Crippen molar-refractivity contribution in [3.05, 3.63) is 35.4 Å². The molecule has 0 bridgehead atoms. The summed E-state index contributed by atoms with van der Waals surface area (Å²) >= 11 is 1.60. The molecule has 0 atom stereocenters. The molecule has 1 fully saturated rings. The van der Waals surface area contributed by atoms with Crippen molar-refractivity contribution in [3.63, 3.8) is 0 Å². The molecule has 8 heteroatoms. The van der Waals surface area contributed by atoms with Crippen LogP contribution in [0.5, 0.6) is 0 Å². The molecule has 1 amide bonds. The van der Waals surface area contributed by atoms with Crippen LogP contribution in [0, 0.1) is 0 Å². The predicted octanol–water partition coefficient (Wildman–Crippen LogP) is 0.904. The van der Waals surface area contributed by atoms with Crippen LogP contribution in [0.4, 0.5) is 0 Å². The van der Waals surface area contributed by atoms with E-state index < -0.39 is 0 Å². The molecule has 7 nitrogen and oxygen atoms in total. The molecule has 1 aromatic carbocycles. The number of carbonyl (C=O) groups excluding carboxylic acids is 1. The number of hydrazine groups is 1. The van der Waals surface area contributed by atoms with Crippen molar-refractivity contribution in [2.45, 2.75) is 29.8 Å². The van der Waals surface area contributed by atoms with Gasteiger partial charge in [0.2, 0.25) is 5.16 Å². The smallest absolute Gasteiger partial charge is 0.265 e. The normalized spacial score (nSPS) is 14.2. The summed E-state index contributed by atoms with van der Waals surface area (Å²) in [6.45, 7) is 0. The summed E-state index contributed by atoms with van der Waals surface area (Å²) in [6, 6.07) is 7.79. The zero-order chi connectivity index (χ0) is 13.9. The minimum Gasteiger partial charge on any atom is -0.290 e. The number of aromatic nitrogens is 4. The van der Waals surface area contributed by atoms with Gasteiger partial charge in [-0.15, -0.1) is 5.10 Å². The number of rotatable bonds is 5. The van der Waals surface area contributed by atoms with Gasteiger partial charge in [0.15, 0.2) is 0 Å². The Kier molecular flexibility index (Phi) is 3.66. The molecule has 0 radical (unpaired) electrons. The Hall–Kier alpha value is -1.93. The van der Waals surface area contributed by atoms with E-state index in [0.717, 1.165) is 29.3 Å². The fourth-order valence-corrected chi connectivity index (χ4v) is 2.71. The van der Waals surface area contributed by atoms with E-state index in [4.69, 9.17) is 5.84 Å². The SMILES string of the molecule is NNC(=O)c1ccc(CSc2nnnn2C2CC2)cc1. The number of hydrogen-bond acceptors (Lipinski definition) is 6. The number of thioether (sulfide) groups is 1. The van der Waals surface area contributed by atoms with E-state index in [-0.39, 0.29) is 5.91 Å². The number of amides is 1. The molecular formula is C12H14N6OS. The molecule has 0 saturated heterocycles. The third-order valence-corrected chi connectivity index (χ3v) is 4.08. The Morgan fingerprint density at radius 1 is 1.40 bits per heavy atom. The molecule has 104 valence electrons. The van der Waals surface area contributed by atoms with Gasteiger partial charge >= 0.3 is 0 Å². The quantitative estimate of drug-likeness (QED) is 0.367. The topological polar surface area (TPSA) is 98.7 Å². The largest absolute Gasteiger partial charge is 0.290 e. The predicted molar refractivity (Wildman–Crippen MR) is 73.7 cm³/mol. The van der Waals surface area contributed by atoms with Gasteiger partial charge in [-0.05, 0) is 41.0 Å². The van der Waals surface area contributed by atoms with Crippen molar-refractivity contribution in [2.24, 2.45) is 5.84 Å². The van der Waals surface area contributed by atoms with Gasteiger partial charge in [-0.2, -0.15) is 0 Å². The highest BCUT2D eigenvalue weighted by atomic mass is 32.2. The monoisotopic (exact) mass is 290 g/mol. The zero-order valence-electron chi connectivity index (χ0n) is 10.7. The maximum atomic E-state index is 11.3. The summed E-state index contributed by atoms with van der Waals surface area (Å²) in [5.41, 5.74) is 3.76. The number of nitrogen functional groups attached to an aromatic ring is 1. The molecule has 20 heavy (non-hydrogen) atoms. The van der Waals surface area contributed by atoms with Crippen LogP contribution >= 0.6 is 11.8 Å². The van der Waals surface area contributed by atoms with Crippen LogP contribution in [0.25, 0.3) is 0 Å².